The van der Waals surface area contributed by atoms with Crippen molar-refractivity contribution in [3.8, 4) is 5.75 Å². The summed E-state index contributed by atoms with van der Waals surface area (Å²) in [6.07, 6.45) is 3.64. The Bertz CT molecular complexity index is 761. The maximum absolute atomic E-state index is 11.2. The third-order valence-electron chi connectivity index (χ3n) is 4.00. The van der Waals surface area contributed by atoms with E-state index in [0.29, 0.717) is 5.56 Å². The van der Waals surface area contributed by atoms with Crippen molar-refractivity contribution in [1.29, 1.82) is 0 Å². The van der Waals surface area contributed by atoms with Crippen LogP contribution in [0.15, 0.2) is 53.0 Å². The van der Waals surface area contributed by atoms with E-state index in [0.717, 1.165) is 18.2 Å². The van der Waals surface area contributed by atoms with Crippen LogP contribution in [0.2, 0.25) is 0 Å². The summed E-state index contributed by atoms with van der Waals surface area (Å²) in [5, 5.41) is 40.6. The number of aromatic hydroxyl groups is 1. The summed E-state index contributed by atoms with van der Waals surface area (Å²) in [5.41, 5.74) is 0.247. The molecule has 0 aliphatic heterocycles. The predicted molar refractivity (Wildman–Crippen MR) is 91.1 cm³/mol. The van der Waals surface area contributed by atoms with Crippen LogP contribution < -0.4 is 0 Å². The van der Waals surface area contributed by atoms with Crippen LogP contribution in [0, 0.1) is 5.92 Å². The molecule has 0 amide bonds. The number of hydrogen-bond donors (Lipinski definition) is 6. The summed E-state index contributed by atoms with van der Waals surface area (Å²) in [5.74, 6) is -4.97. The van der Waals surface area contributed by atoms with Gasteiger partial charge in [0.05, 0.1) is 11.6 Å². The molecule has 25 heavy (non-hydrogen) atoms. The summed E-state index contributed by atoms with van der Waals surface area (Å²) < 4.78 is 14.5. The number of benzene rings is 1. The van der Waals surface area contributed by atoms with Gasteiger partial charge in [0.2, 0.25) is 0 Å². The van der Waals surface area contributed by atoms with Crippen LogP contribution in [0.5, 0.6) is 5.75 Å². The standard InChI is InChI=1S/C16H20NO7P/c1-2-13(10-3-5-11(18)6-4-10)16(20,21)14-9-12(19)7-8-15(14)17-25(22,23)24/h3-9,13-14,18-21H,2H2,1H3,(H2,22,23,24)/b17-15+. The molecule has 0 bridgehead atoms. The maximum atomic E-state index is 11.2. The number of aliphatic hydroxyl groups is 3. The molecule has 0 aromatic heterocycles. The Morgan fingerprint density at radius 2 is 1.76 bits per heavy atom. The molecule has 1 aromatic carbocycles. The van der Waals surface area contributed by atoms with Crippen molar-refractivity contribution in [3.05, 3.63) is 53.8 Å². The molecule has 1 aliphatic rings. The highest BCUT2D eigenvalue weighted by Gasteiger charge is 2.44. The van der Waals surface area contributed by atoms with Crippen LogP contribution in [-0.2, 0) is 4.57 Å². The van der Waals surface area contributed by atoms with E-state index in [1.165, 1.54) is 24.3 Å². The number of rotatable bonds is 5. The molecule has 0 saturated carbocycles. The lowest BCUT2D eigenvalue weighted by molar-refractivity contribution is -0.192. The molecular weight excluding hydrogens is 349 g/mol. The van der Waals surface area contributed by atoms with E-state index >= 15 is 0 Å². The highest BCUT2D eigenvalue weighted by atomic mass is 31.2. The van der Waals surface area contributed by atoms with Crippen molar-refractivity contribution in [2.45, 2.75) is 25.0 Å². The van der Waals surface area contributed by atoms with E-state index in [1.807, 2.05) is 0 Å². The van der Waals surface area contributed by atoms with Crippen LogP contribution in [0.3, 0.4) is 0 Å². The van der Waals surface area contributed by atoms with Crippen LogP contribution >= 0.6 is 7.75 Å². The first kappa shape index (κ1) is 19.4. The second kappa shape index (κ2) is 7.11. The molecule has 2 rings (SSSR count). The van der Waals surface area contributed by atoms with Gasteiger partial charge >= 0.3 is 7.75 Å². The normalized spacial score (nSPS) is 21.2. The van der Waals surface area contributed by atoms with Crippen LogP contribution in [-0.4, -0.2) is 41.7 Å². The van der Waals surface area contributed by atoms with Gasteiger partial charge in [0.15, 0.2) is 5.79 Å². The van der Waals surface area contributed by atoms with Crippen LogP contribution in [0.25, 0.3) is 0 Å². The van der Waals surface area contributed by atoms with E-state index in [2.05, 4.69) is 4.76 Å². The van der Waals surface area contributed by atoms with Gasteiger partial charge < -0.3 is 30.2 Å². The van der Waals surface area contributed by atoms with Crippen molar-refractivity contribution >= 4 is 13.5 Å². The lowest BCUT2D eigenvalue weighted by atomic mass is 9.77. The van der Waals surface area contributed by atoms with Crippen molar-refractivity contribution in [2.24, 2.45) is 10.7 Å². The fraction of sp³-hybridized carbons (Fsp3) is 0.312. The molecule has 1 aliphatic carbocycles. The molecule has 9 heteroatoms. The number of phenolic OH excluding ortho intramolecular Hbond substituents is 1. The molecule has 2 unspecified atom stereocenters. The Balaban J connectivity index is 2.49. The fourth-order valence-electron chi connectivity index (χ4n) is 2.88. The molecule has 0 fully saturated rings. The molecule has 6 N–H and O–H groups in total. The van der Waals surface area contributed by atoms with Crippen LogP contribution in [0.4, 0.5) is 0 Å². The number of hydrogen-bond acceptors (Lipinski definition) is 5. The Kier molecular flexibility index (Phi) is 5.51. The van der Waals surface area contributed by atoms with Gasteiger partial charge in [0, 0.05) is 5.92 Å². The lowest BCUT2D eigenvalue weighted by Gasteiger charge is -2.37. The van der Waals surface area contributed by atoms with Gasteiger partial charge in [0.1, 0.15) is 11.5 Å². The zero-order valence-corrected chi connectivity index (χ0v) is 14.3. The van der Waals surface area contributed by atoms with Crippen molar-refractivity contribution < 1.29 is 34.8 Å². The third-order valence-corrected chi connectivity index (χ3v) is 4.49. The second-order valence-electron chi connectivity index (χ2n) is 5.78. The first-order chi connectivity index (χ1) is 11.5. The Labute approximate surface area is 144 Å². The average Bonchev–Trinajstić information content (AvgIpc) is 2.50. The Morgan fingerprint density at radius 1 is 1.16 bits per heavy atom. The monoisotopic (exact) mass is 369 g/mol. The van der Waals surface area contributed by atoms with Gasteiger partial charge in [-0.15, -0.1) is 0 Å². The van der Waals surface area contributed by atoms with E-state index in [1.54, 1.807) is 6.92 Å². The SMILES string of the molecule is CCC(c1ccc(O)cc1)C(O)(O)C1C=C(O)C=C/C1=N\P(=O)(O)O. The molecule has 0 spiro atoms. The summed E-state index contributed by atoms with van der Waals surface area (Å²) in [4.78, 5) is 18.2. The summed E-state index contributed by atoms with van der Waals surface area (Å²) in [6.45, 7) is 1.71. The number of aliphatic hydroxyl groups excluding tert-OH is 1. The summed E-state index contributed by atoms with van der Waals surface area (Å²) in [6, 6.07) is 5.83. The van der Waals surface area contributed by atoms with Crippen LogP contribution in [0.1, 0.15) is 24.8 Å². The quantitative estimate of drug-likeness (QED) is 0.342. The first-order valence-electron chi connectivity index (χ1n) is 7.52. The number of allylic oxidation sites excluding steroid dienone is 2. The minimum atomic E-state index is -4.81. The average molecular weight is 369 g/mol. The minimum absolute atomic E-state index is 0.0157. The topological polar surface area (TPSA) is 151 Å². The number of nitrogens with zero attached hydrogens (tertiary/aromatic N) is 1. The molecule has 2 atom stereocenters. The van der Waals surface area contributed by atoms with Gasteiger partial charge in [-0.3, -0.25) is 0 Å². The molecule has 136 valence electrons. The Hall–Kier alpha value is -1.96. The minimum Gasteiger partial charge on any atom is -0.508 e. The van der Waals surface area contributed by atoms with Crippen molar-refractivity contribution in [3.63, 3.8) is 0 Å². The van der Waals surface area contributed by atoms with E-state index in [9.17, 15) is 25.0 Å². The van der Waals surface area contributed by atoms with Gasteiger partial charge in [-0.2, -0.15) is 4.76 Å². The predicted octanol–water partition coefficient (Wildman–Crippen LogP) is 1.73. The highest BCUT2D eigenvalue weighted by molar-refractivity contribution is 7.50. The first-order valence-corrected chi connectivity index (χ1v) is 9.09. The largest absolute Gasteiger partial charge is 0.508 e. The summed E-state index contributed by atoms with van der Waals surface area (Å²) >= 11 is 0. The Morgan fingerprint density at radius 3 is 2.28 bits per heavy atom. The van der Waals surface area contributed by atoms with Crippen molar-refractivity contribution in [1.82, 2.24) is 0 Å². The van der Waals surface area contributed by atoms with Gasteiger partial charge in [-0.1, -0.05) is 19.1 Å². The van der Waals surface area contributed by atoms with E-state index in [4.69, 9.17) is 9.79 Å². The maximum Gasteiger partial charge on any atom is 0.448 e. The van der Waals surface area contributed by atoms with Crippen molar-refractivity contribution in [2.75, 3.05) is 0 Å². The summed E-state index contributed by atoms with van der Waals surface area (Å²) in [7, 11) is -4.81. The second-order valence-corrected chi connectivity index (χ2v) is 7.00. The van der Waals surface area contributed by atoms with E-state index in [-0.39, 0.29) is 23.6 Å². The molecular formula is C16H20NO7P. The van der Waals surface area contributed by atoms with Gasteiger partial charge in [-0.05, 0) is 42.3 Å². The van der Waals surface area contributed by atoms with E-state index < -0.39 is 25.4 Å². The highest BCUT2D eigenvalue weighted by Crippen LogP contribution is 2.42. The fourth-order valence-corrected chi connectivity index (χ4v) is 3.37. The molecule has 0 radical (unpaired) electrons. The molecule has 8 nitrogen and oxygen atoms in total. The molecule has 0 heterocycles. The van der Waals surface area contributed by atoms with Gasteiger partial charge in [0.25, 0.3) is 0 Å². The molecule has 1 aromatic rings. The zero-order chi connectivity index (χ0) is 18.8. The smallest absolute Gasteiger partial charge is 0.448 e. The molecule has 0 saturated heterocycles. The lowest BCUT2D eigenvalue weighted by Crippen LogP contribution is -2.46. The zero-order valence-electron chi connectivity index (χ0n) is 13.4. The van der Waals surface area contributed by atoms with Gasteiger partial charge in [-0.25, -0.2) is 4.57 Å². The third kappa shape index (κ3) is 4.56. The number of phenols is 1.